The van der Waals surface area contributed by atoms with E-state index in [4.69, 9.17) is 20.5 Å². The third-order valence-electron chi connectivity index (χ3n) is 3.67. The van der Waals surface area contributed by atoms with E-state index in [1.165, 1.54) is 39.2 Å². The summed E-state index contributed by atoms with van der Waals surface area (Å²) in [5.41, 5.74) is -0.136. The van der Waals surface area contributed by atoms with Gasteiger partial charge in [0.05, 0.1) is 23.6 Å². The predicted molar refractivity (Wildman–Crippen MR) is 118 cm³/mol. The SMILES string of the molecule is COc1cc(/C=C(/C#N)C(=O)Nc2nc(S(=O)(=O)C(C)C)ns2)cc(Cl)c1OS(C)(=O)=O. The summed E-state index contributed by atoms with van der Waals surface area (Å²) >= 11 is 6.72. The molecule has 15 heteroatoms. The molecule has 0 bridgehead atoms. The Morgan fingerprint density at radius 2 is 1.97 bits per heavy atom. The maximum atomic E-state index is 12.5. The summed E-state index contributed by atoms with van der Waals surface area (Å²) < 4.78 is 60.6. The highest BCUT2D eigenvalue weighted by Gasteiger charge is 2.25. The molecule has 0 atom stereocenters. The second-order valence-electron chi connectivity index (χ2n) is 6.42. The molecule has 1 heterocycles. The molecule has 11 nitrogen and oxygen atoms in total. The number of halogens is 1. The molecule has 0 unspecified atom stereocenters. The maximum absolute atomic E-state index is 12.5. The number of methoxy groups -OCH3 is 1. The lowest BCUT2D eigenvalue weighted by Gasteiger charge is -2.11. The third kappa shape index (κ3) is 6.16. The van der Waals surface area contributed by atoms with Crippen molar-refractivity contribution in [1.29, 1.82) is 5.26 Å². The lowest BCUT2D eigenvalue weighted by atomic mass is 10.1. The van der Waals surface area contributed by atoms with E-state index in [-0.39, 0.29) is 32.8 Å². The number of sulfone groups is 1. The number of nitriles is 1. The van der Waals surface area contributed by atoms with Crippen molar-refractivity contribution in [3.05, 3.63) is 28.3 Å². The Morgan fingerprint density at radius 3 is 2.50 bits per heavy atom. The van der Waals surface area contributed by atoms with Crippen LogP contribution >= 0.6 is 23.1 Å². The van der Waals surface area contributed by atoms with Gasteiger partial charge in [-0.1, -0.05) is 11.6 Å². The second kappa shape index (κ2) is 9.82. The van der Waals surface area contributed by atoms with Gasteiger partial charge in [-0.3, -0.25) is 10.1 Å². The van der Waals surface area contributed by atoms with E-state index in [0.29, 0.717) is 11.5 Å². The van der Waals surface area contributed by atoms with Crippen LogP contribution in [0, 0.1) is 11.3 Å². The van der Waals surface area contributed by atoms with Gasteiger partial charge in [-0.15, -0.1) is 0 Å². The number of rotatable bonds is 8. The predicted octanol–water partition coefficient (Wildman–Crippen LogP) is 2.27. The molecule has 1 aromatic heterocycles. The van der Waals surface area contributed by atoms with Crippen LogP contribution in [0.25, 0.3) is 6.08 Å². The first-order chi connectivity index (χ1) is 14.8. The van der Waals surface area contributed by atoms with Crippen LogP contribution in [0.3, 0.4) is 0 Å². The van der Waals surface area contributed by atoms with Crippen LogP contribution in [-0.4, -0.2) is 50.7 Å². The maximum Gasteiger partial charge on any atom is 0.306 e. The lowest BCUT2D eigenvalue weighted by molar-refractivity contribution is -0.112. The van der Waals surface area contributed by atoms with Crippen LogP contribution in [0.5, 0.6) is 11.5 Å². The largest absolute Gasteiger partial charge is 0.493 e. The van der Waals surface area contributed by atoms with Gasteiger partial charge in [-0.05, 0) is 37.6 Å². The summed E-state index contributed by atoms with van der Waals surface area (Å²) in [5.74, 6) is -1.16. The Morgan fingerprint density at radius 1 is 1.31 bits per heavy atom. The van der Waals surface area contributed by atoms with E-state index in [1.54, 1.807) is 6.07 Å². The van der Waals surface area contributed by atoms with E-state index in [0.717, 1.165) is 6.26 Å². The van der Waals surface area contributed by atoms with E-state index in [9.17, 15) is 26.9 Å². The minimum Gasteiger partial charge on any atom is -0.493 e. The summed E-state index contributed by atoms with van der Waals surface area (Å²) in [7, 11) is -6.35. The highest BCUT2D eigenvalue weighted by molar-refractivity contribution is 7.91. The molecule has 32 heavy (non-hydrogen) atoms. The molecule has 2 rings (SSSR count). The van der Waals surface area contributed by atoms with Crippen LogP contribution in [0.15, 0.2) is 22.9 Å². The first-order valence-electron chi connectivity index (χ1n) is 8.56. The number of ether oxygens (including phenoxy) is 1. The summed E-state index contributed by atoms with van der Waals surface area (Å²) in [6.45, 7) is 2.94. The number of benzene rings is 1. The molecular formula is C17H17ClN4O7S3. The fourth-order valence-corrected chi connectivity index (χ4v) is 4.60. The van der Waals surface area contributed by atoms with Gasteiger partial charge in [-0.2, -0.15) is 23.0 Å². The van der Waals surface area contributed by atoms with Crippen molar-refractivity contribution >= 4 is 60.2 Å². The highest BCUT2D eigenvalue weighted by atomic mass is 35.5. The molecule has 0 aliphatic heterocycles. The van der Waals surface area contributed by atoms with Crippen LogP contribution in [-0.2, 0) is 24.7 Å². The Bertz CT molecular complexity index is 1330. The fraction of sp³-hybridized carbons (Fsp3) is 0.294. The number of hydrogen-bond donors (Lipinski definition) is 1. The topological polar surface area (TPSA) is 165 Å². The van der Waals surface area contributed by atoms with Crippen LogP contribution in [0.1, 0.15) is 19.4 Å². The second-order valence-corrected chi connectivity index (χ2v) is 11.6. The summed E-state index contributed by atoms with van der Waals surface area (Å²) in [6, 6.07) is 4.30. The average molecular weight is 521 g/mol. The van der Waals surface area contributed by atoms with E-state index < -0.39 is 36.3 Å². The van der Waals surface area contributed by atoms with Gasteiger partial charge in [0.25, 0.3) is 11.1 Å². The number of nitrogens with zero attached hydrogens (tertiary/aromatic N) is 3. The molecule has 0 spiro atoms. The van der Waals surface area contributed by atoms with Gasteiger partial charge >= 0.3 is 10.1 Å². The Kier molecular flexibility index (Phi) is 7.83. The summed E-state index contributed by atoms with van der Waals surface area (Å²) in [6.07, 6.45) is 2.00. The quantitative estimate of drug-likeness (QED) is 0.310. The van der Waals surface area contributed by atoms with Crippen LogP contribution in [0.2, 0.25) is 5.02 Å². The Balaban J connectivity index is 2.34. The van der Waals surface area contributed by atoms with Gasteiger partial charge < -0.3 is 8.92 Å². The van der Waals surface area contributed by atoms with Crippen molar-refractivity contribution in [2.45, 2.75) is 24.3 Å². The molecule has 1 aromatic carbocycles. The molecule has 1 N–H and O–H groups in total. The van der Waals surface area contributed by atoms with Gasteiger partial charge in [0.1, 0.15) is 11.6 Å². The van der Waals surface area contributed by atoms with Crippen LogP contribution in [0.4, 0.5) is 5.13 Å². The van der Waals surface area contributed by atoms with Gasteiger partial charge in [0, 0.05) is 11.5 Å². The van der Waals surface area contributed by atoms with E-state index >= 15 is 0 Å². The molecule has 0 saturated heterocycles. The number of carbonyl (C=O) groups is 1. The molecule has 0 aliphatic carbocycles. The molecule has 0 saturated carbocycles. The number of amides is 1. The monoisotopic (exact) mass is 520 g/mol. The van der Waals surface area contributed by atoms with Crippen molar-refractivity contribution in [2.24, 2.45) is 0 Å². The zero-order chi connectivity index (χ0) is 24.3. The van der Waals surface area contributed by atoms with E-state index in [1.807, 2.05) is 0 Å². The van der Waals surface area contributed by atoms with Gasteiger partial charge in [0.2, 0.25) is 20.7 Å². The van der Waals surface area contributed by atoms with Crippen molar-refractivity contribution in [3.63, 3.8) is 0 Å². The zero-order valence-corrected chi connectivity index (χ0v) is 20.3. The highest BCUT2D eigenvalue weighted by Crippen LogP contribution is 2.37. The van der Waals surface area contributed by atoms with Gasteiger partial charge in [0.15, 0.2) is 5.75 Å². The molecule has 2 aromatic rings. The molecule has 172 valence electrons. The first-order valence-corrected chi connectivity index (χ1v) is 13.1. The first kappa shape index (κ1) is 25.5. The minimum absolute atomic E-state index is 0.0421. The minimum atomic E-state index is -3.89. The number of anilines is 1. The van der Waals surface area contributed by atoms with Gasteiger partial charge in [-0.25, -0.2) is 8.42 Å². The number of hydrogen-bond acceptors (Lipinski definition) is 11. The number of aromatic nitrogens is 2. The lowest BCUT2D eigenvalue weighted by Crippen LogP contribution is -2.16. The van der Waals surface area contributed by atoms with Crippen molar-refractivity contribution < 1.29 is 30.6 Å². The van der Waals surface area contributed by atoms with E-state index in [2.05, 4.69) is 14.7 Å². The Hall–Kier alpha value is -2.73. The molecule has 1 amide bonds. The molecule has 0 aliphatic rings. The fourth-order valence-electron chi connectivity index (χ4n) is 2.12. The molecule has 0 fully saturated rings. The standard InChI is InChI=1S/C17H17ClN4O7S3/c1-9(2)32(26,27)17-21-16(30-22-17)20-15(23)11(8-19)5-10-6-12(18)14(13(7-10)28-3)29-31(4,24)25/h5-7,9H,1-4H3,(H,20,21,22,23)/b11-5-. The Labute approximate surface area is 193 Å². The number of carbonyl (C=O) groups excluding carboxylic acids is 1. The smallest absolute Gasteiger partial charge is 0.306 e. The normalized spacial score (nSPS) is 12.3. The van der Waals surface area contributed by atoms with Crippen molar-refractivity contribution in [2.75, 3.05) is 18.7 Å². The summed E-state index contributed by atoms with van der Waals surface area (Å²) in [4.78, 5) is 16.2. The number of nitrogens with one attached hydrogen (secondary N) is 1. The zero-order valence-electron chi connectivity index (χ0n) is 17.1. The van der Waals surface area contributed by atoms with Crippen molar-refractivity contribution in [3.8, 4) is 17.6 Å². The van der Waals surface area contributed by atoms with Crippen molar-refractivity contribution in [1.82, 2.24) is 9.36 Å². The molecular weight excluding hydrogens is 504 g/mol. The average Bonchev–Trinajstić information content (AvgIpc) is 3.15. The third-order valence-corrected chi connectivity index (χ3v) is 7.09. The van der Waals surface area contributed by atoms with Crippen LogP contribution < -0.4 is 14.2 Å². The molecule has 0 radical (unpaired) electrons. The summed E-state index contributed by atoms with van der Waals surface area (Å²) in [5, 5.41) is 10.3.